The van der Waals surface area contributed by atoms with E-state index in [-0.39, 0.29) is 0 Å². The summed E-state index contributed by atoms with van der Waals surface area (Å²) in [5, 5.41) is 3.63. The van der Waals surface area contributed by atoms with Crippen molar-refractivity contribution >= 4 is 0 Å². The molecule has 1 fully saturated rings. The van der Waals surface area contributed by atoms with Gasteiger partial charge in [0.25, 0.3) is 0 Å². The van der Waals surface area contributed by atoms with Crippen molar-refractivity contribution in [3.05, 3.63) is 0 Å². The number of hydrogen-bond acceptors (Lipinski definition) is 2. The Bertz CT molecular complexity index is 141. The summed E-state index contributed by atoms with van der Waals surface area (Å²) < 4.78 is 5.24. The molecule has 0 aliphatic heterocycles. The average Bonchev–Trinajstić information content (AvgIpc) is 1.94. The van der Waals surface area contributed by atoms with E-state index in [0.717, 1.165) is 5.92 Å². The molecule has 0 amide bonds. The Morgan fingerprint density at radius 2 is 1.92 bits per heavy atom. The highest BCUT2D eigenvalue weighted by Gasteiger charge is 2.29. The SMILES string of the molecule is COC1CC(NC(C)CC(C)C)C1. The lowest BCUT2D eigenvalue weighted by Crippen LogP contribution is -2.48. The van der Waals surface area contributed by atoms with Gasteiger partial charge in [0, 0.05) is 19.2 Å². The van der Waals surface area contributed by atoms with Gasteiger partial charge in [0.1, 0.15) is 0 Å². The molecule has 0 spiro atoms. The first kappa shape index (κ1) is 11.0. The van der Waals surface area contributed by atoms with Crippen LogP contribution in [-0.4, -0.2) is 25.3 Å². The molecule has 0 heterocycles. The molecule has 1 rings (SSSR count). The molecule has 1 N–H and O–H groups in total. The van der Waals surface area contributed by atoms with Crippen molar-refractivity contribution < 1.29 is 4.74 Å². The number of nitrogens with one attached hydrogen (secondary N) is 1. The van der Waals surface area contributed by atoms with Gasteiger partial charge in [-0.2, -0.15) is 0 Å². The van der Waals surface area contributed by atoms with Gasteiger partial charge < -0.3 is 10.1 Å². The molecule has 0 aromatic heterocycles. The van der Waals surface area contributed by atoms with Crippen LogP contribution in [0, 0.1) is 5.92 Å². The lowest BCUT2D eigenvalue weighted by molar-refractivity contribution is 0.0142. The number of methoxy groups -OCH3 is 1. The number of rotatable bonds is 5. The monoisotopic (exact) mass is 185 g/mol. The molecule has 1 aliphatic carbocycles. The lowest BCUT2D eigenvalue weighted by Gasteiger charge is -2.37. The van der Waals surface area contributed by atoms with E-state index >= 15 is 0 Å². The van der Waals surface area contributed by atoms with Crippen molar-refractivity contribution in [1.82, 2.24) is 5.32 Å². The van der Waals surface area contributed by atoms with Crippen molar-refractivity contribution in [2.24, 2.45) is 5.92 Å². The molecule has 1 atom stereocenters. The molecule has 2 nitrogen and oxygen atoms in total. The van der Waals surface area contributed by atoms with Gasteiger partial charge in [0.15, 0.2) is 0 Å². The molecule has 13 heavy (non-hydrogen) atoms. The summed E-state index contributed by atoms with van der Waals surface area (Å²) in [5.74, 6) is 0.792. The van der Waals surface area contributed by atoms with Crippen molar-refractivity contribution in [2.75, 3.05) is 7.11 Å². The van der Waals surface area contributed by atoms with Crippen LogP contribution in [0.5, 0.6) is 0 Å². The summed E-state index contributed by atoms with van der Waals surface area (Å²) in [7, 11) is 1.80. The summed E-state index contributed by atoms with van der Waals surface area (Å²) in [6, 6.07) is 1.36. The summed E-state index contributed by atoms with van der Waals surface area (Å²) in [6.07, 6.45) is 4.18. The molecule has 0 aromatic rings. The molecule has 1 unspecified atom stereocenters. The van der Waals surface area contributed by atoms with Crippen LogP contribution in [-0.2, 0) is 4.74 Å². The first-order valence-corrected chi connectivity index (χ1v) is 5.40. The van der Waals surface area contributed by atoms with E-state index in [2.05, 4.69) is 26.1 Å². The van der Waals surface area contributed by atoms with Crippen molar-refractivity contribution in [1.29, 1.82) is 0 Å². The van der Waals surface area contributed by atoms with Gasteiger partial charge in [-0.1, -0.05) is 13.8 Å². The molecule has 0 saturated heterocycles. The topological polar surface area (TPSA) is 21.3 Å². The van der Waals surface area contributed by atoms with E-state index in [1.54, 1.807) is 7.11 Å². The maximum atomic E-state index is 5.24. The van der Waals surface area contributed by atoms with E-state index in [1.165, 1.54) is 19.3 Å². The lowest BCUT2D eigenvalue weighted by atomic mass is 9.88. The highest BCUT2D eigenvalue weighted by atomic mass is 16.5. The number of hydrogen-bond donors (Lipinski definition) is 1. The zero-order valence-corrected chi connectivity index (χ0v) is 9.34. The highest BCUT2D eigenvalue weighted by Crippen LogP contribution is 2.23. The van der Waals surface area contributed by atoms with Crippen LogP contribution in [0.15, 0.2) is 0 Å². The van der Waals surface area contributed by atoms with Gasteiger partial charge in [-0.05, 0) is 32.1 Å². The first-order chi connectivity index (χ1) is 6.11. The van der Waals surface area contributed by atoms with Crippen molar-refractivity contribution in [3.63, 3.8) is 0 Å². The molecule has 0 radical (unpaired) electrons. The zero-order valence-electron chi connectivity index (χ0n) is 9.34. The van der Waals surface area contributed by atoms with Crippen LogP contribution >= 0.6 is 0 Å². The number of ether oxygens (including phenoxy) is 1. The first-order valence-electron chi connectivity index (χ1n) is 5.40. The Balaban J connectivity index is 2.06. The van der Waals surface area contributed by atoms with Crippen LogP contribution in [0.25, 0.3) is 0 Å². The van der Waals surface area contributed by atoms with Crippen molar-refractivity contribution in [3.8, 4) is 0 Å². The summed E-state index contributed by atoms with van der Waals surface area (Å²) in [4.78, 5) is 0. The Morgan fingerprint density at radius 3 is 2.38 bits per heavy atom. The normalized spacial score (nSPS) is 30.2. The largest absolute Gasteiger partial charge is 0.381 e. The molecule has 2 heteroatoms. The molecule has 0 aromatic carbocycles. The Morgan fingerprint density at radius 1 is 1.31 bits per heavy atom. The predicted molar refractivity (Wildman–Crippen MR) is 55.9 cm³/mol. The second-order valence-corrected chi connectivity index (χ2v) is 4.72. The van der Waals surface area contributed by atoms with Crippen LogP contribution in [0.4, 0.5) is 0 Å². The average molecular weight is 185 g/mol. The van der Waals surface area contributed by atoms with Gasteiger partial charge in [0.2, 0.25) is 0 Å². The second-order valence-electron chi connectivity index (χ2n) is 4.72. The van der Waals surface area contributed by atoms with Crippen LogP contribution in [0.2, 0.25) is 0 Å². The minimum atomic E-state index is 0.517. The quantitative estimate of drug-likeness (QED) is 0.709. The van der Waals surface area contributed by atoms with E-state index in [4.69, 9.17) is 4.74 Å². The van der Waals surface area contributed by atoms with Crippen LogP contribution < -0.4 is 5.32 Å². The fourth-order valence-electron chi connectivity index (χ4n) is 2.07. The van der Waals surface area contributed by atoms with Gasteiger partial charge in [0.05, 0.1) is 6.10 Å². The summed E-state index contributed by atoms with van der Waals surface area (Å²) in [6.45, 7) is 6.83. The smallest absolute Gasteiger partial charge is 0.0601 e. The standard InChI is InChI=1S/C11H23NO/c1-8(2)5-9(3)12-10-6-11(7-10)13-4/h8-12H,5-7H2,1-4H3. The molecular weight excluding hydrogens is 162 g/mol. The molecule has 1 saturated carbocycles. The maximum absolute atomic E-state index is 5.24. The Labute approximate surface area is 82.0 Å². The fourth-order valence-corrected chi connectivity index (χ4v) is 2.07. The Kier molecular flexibility index (Phi) is 4.20. The predicted octanol–water partition coefficient (Wildman–Crippen LogP) is 2.19. The third-order valence-corrected chi connectivity index (χ3v) is 2.77. The molecule has 78 valence electrons. The summed E-state index contributed by atoms with van der Waals surface area (Å²) in [5.41, 5.74) is 0. The van der Waals surface area contributed by atoms with E-state index in [1.807, 2.05) is 0 Å². The molecule has 1 aliphatic rings. The zero-order chi connectivity index (χ0) is 9.84. The van der Waals surface area contributed by atoms with Gasteiger partial charge in [-0.3, -0.25) is 0 Å². The maximum Gasteiger partial charge on any atom is 0.0601 e. The van der Waals surface area contributed by atoms with Gasteiger partial charge >= 0.3 is 0 Å². The highest BCUT2D eigenvalue weighted by molar-refractivity contribution is 4.87. The third-order valence-electron chi connectivity index (χ3n) is 2.77. The van der Waals surface area contributed by atoms with Crippen LogP contribution in [0.1, 0.15) is 40.0 Å². The minimum Gasteiger partial charge on any atom is -0.381 e. The Hall–Kier alpha value is -0.0800. The minimum absolute atomic E-state index is 0.517. The van der Waals surface area contributed by atoms with Gasteiger partial charge in [-0.25, -0.2) is 0 Å². The van der Waals surface area contributed by atoms with Crippen molar-refractivity contribution in [2.45, 2.75) is 58.2 Å². The van der Waals surface area contributed by atoms with E-state index in [9.17, 15) is 0 Å². The molecular formula is C11H23NO. The van der Waals surface area contributed by atoms with Crippen LogP contribution in [0.3, 0.4) is 0 Å². The summed E-state index contributed by atoms with van der Waals surface area (Å²) >= 11 is 0. The fraction of sp³-hybridized carbons (Fsp3) is 1.00. The third kappa shape index (κ3) is 3.65. The second kappa shape index (κ2) is 4.97. The van der Waals surface area contributed by atoms with E-state index in [0.29, 0.717) is 18.2 Å². The van der Waals surface area contributed by atoms with Gasteiger partial charge in [-0.15, -0.1) is 0 Å². The van der Waals surface area contributed by atoms with E-state index < -0.39 is 0 Å². The molecule has 0 bridgehead atoms.